The van der Waals surface area contributed by atoms with Crippen LogP contribution in [0.3, 0.4) is 0 Å². The molecule has 0 saturated heterocycles. The molecule has 1 aromatic carbocycles. The molecule has 0 saturated carbocycles. The summed E-state index contributed by atoms with van der Waals surface area (Å²) in [6.45, 7) is 0. The maximum absolute atomic E-state index is 11.3. The highest BCUT2D eigenvalue weighted by molar-refractivity contribution is 9.10. The van der Waals surface area contributed by atoms with E-state index >= 15 is 0 Å². The predicted molar refractivity (Wildman–Crippen MR) is 74.7 cm³/mol. The Labute approximate surface area is 116 Å². The van der Waals surface area contributed by atoms with Crippen LogP contribution in [0.25, 0.3) is 22.3 Å². The van der Waals surface area contributed by atoms with Gasteiger partial charge < -0.3 is 9.40 Å². The Morgan fingerprint density at radius 3 is 2.89 bits per heavy atom. The molecule has 2 heterocycles. The minimum atomic E-state index is -0.398. The second-order valence-corrected chi connectivity index (χ2v) is 4.95. The van der Waals surface area contributed by atoms with Crippen molar-refractivity contribution in [1.82, 2.24) is 4.98 Å². The molecular formula is C14H7BrN2O2. The molecular weight excluding hydrogens is 308 g/mol. The van der Waals surface area contributed by atoms with E-state index in [-0.39, 0.29) is 5.56 Å². The Hall–Kier alpha value is -2.32. The van der Waals surface area contributed by atoms with Gasteiger partial charge in [-0.3, -0.25) is 4.79 Å². The van der Waals surface area contributed by atoms with Gasteiger partial charge in [-0.25, -0.2) is 0 Å². The van der Waals surface area contributed by atoms with Crippen LogP contribution in [-0.4, -0.2) is 4.98 Å². The normalized spacial score (nSPS) is 10.5. The van der Waals surface area contributed by atoms with Crippen molar-refractivity contribution in [2.24, 2.45) is 0 Å². The lowest BCUT2D eigenvalue weighted by Gasteiger charge is -1.95. The second-order valence-electron chi connectivity index (χ2n) is 4.04. The highest BCUT2D eigenvalue weighted by Gasteiger charge is 2.09. The van der Waals surface area contributed by atoms with Gasteiger partial charge >= 0.3 is 0 Å². The van der Waals surface area contributed by atoms with Gasteiger partial charge in [-0.1, -0.05) is 15.9 Å². The molecule has 0 spiro atoms. The van der Waals surface area contributed by atoms with Crippen LogP contribution in [-0.2, 0) is 0 Å². The Bertz CT molecular complexity index is 871. The van der Waals surface area contributed by atoms with Gasteiger partial charge in [-0.2, -0.15) is 5.26 Å². The number of nitrogens with one attached hydrogen (secondary N) is 1. The summed E-state index contributed by atoms with van der Waals surface area (Å²) in [4.78, 5) is 13.9. The van der Waals surface area contributed by atoms with Crippen LogP contribution < -0.4 is 5.56 Å². The van der Waals surface area contributed by atoms with Crippen molar-refractivity contribution < 1.29 is 4.42 Å². The van der Waals surface area contributed by atoms with Gasteiger partial charge in [0.05, 0.1) is 0 Å². The number of halogens is 1. The number of rotatable bonds is 1. The van der Waals surface area contributed by atoms with E-state index in [9.17, 15) is 4.79 Å². The zero-order chi connectivity index (χ0) is 13.4. The monoisotopic (exact) mass is 314 g/mol. The lowest BCUT2D eigenvalue weighted by Crippen LogP contribution is -2.08. The van der Waals surface area contributed by atoms with Gasteiger partial charge in [0.1, 0.15) is 23.0 Å². The van der Waals surface area contributed by atoms with E-state index in [1.807, 2.05) is 30.3 Å². The number of benzene rings is 1. The van der Waals surface area contributed by atoms with Crippen molar-refractivity contribution in [1.29, 1.82) is 5.26 Å². The first-order chi connectivity index (χ1) is 9.17. The maximum Gasteiger partial charge on any atom is 0.265 e. The molecule has 0 unspecified atom stereocenters. The molecule has 0 fully saturated rings. The third-order valence-corrected chi connectivity index (χ3v) is 3.28. The molecule has 0 aliphatic rings. The Morgan fingerprint density at radius 1 is 1.26 bits per heavy atom. The highest BCUT2D eigenvalue weighted by Crippen LogP contribution is 2.29. The van der Waals surface area contributed by atoms with Crippen molar-refractivity contribution in [2.45, 2.75) is 0 Å². The molecule has 0 aliphatic carbocycles. The highest BCUT2D eigenvalue weighted by atomic mass is 79.9. The second kappa shape index (κ2) is 4.41. The van der Waals surface area contributed by atoms with Gasteiger partial charge in [-0.05, 0) is 30.3 Å². The smallest absolute Gasteiger partial charge is 0.265 e. The minimum absolute atomic E-state index is 0.0686. The van der Waals surface area contributed by atoms with Crippen molar-refractivity contribution >= 4 is 26.9 Å². The fraction of sp³-hybridized carbons (Fsp3) is 0. The summed E-state index contributed by atoms with van der Waals surface area (Å²) < 4.78 is 6.66. The number of aromatic amines is 1. The van der Waals surface area contributed by atoms with Crippen LogP contribution in [0.15, 0.2) is 50.2 Å². The Balaban J connectivity index is 2.19. The lowest BCUT2D eigenvalue weighted by atomic mass is 10.1. The zero-order valence-electron chi connectivity index (χ0n) is 9.61. The predicted octanol–water partition coefficient (Wildman–Crippen LogP) is 3.42. The van der Waals surface area contributed by atoms with Crippen LogP contribution in [0, 0.1) is 11.3 Å². The Morgan fingerprint density at radius 2 is 2.11 bits per heavy atom. The van der Waals surface area contributed by atoms with E-state index < -0.39 is 5.56 Å². The van der Waals surface area contributed by atoms with Gasteiger partial charge in [0.2, 0.25) is 0 Å². The summed E-state index contributed by atoms with van der Waals surface area (Å²) >= 11 is 3.40. The third-order valence-electron chi connectivity index (χ3n) is 2.79. The quantitative estimate of drug-likeness (QED) is 0.748. The number of nitrogens with zero attached hydrogens (tertiary/aromatic N) is 1. The number of pyridine rings is 1. The largest absolute Gasteiger partial charge is 0.456 e. The fourth-order valence-electron chi connectivity index (χ4n) is 1.87. The van der Waals surface area contributed by atoms with Crippen LogP contribution >= 0.6 is 15.9 Å². The van der Waals surface area contributed by atoms with Gasteiger partial charge in [0.15, 0.2) is 0 Å². The third kappa shape index (κ3) is 2.07. The number of hydrogen-bond acceptors (Lipinski definition) is 3. The standard InChI is InChI=1S/C14H7BrN2O2/c15-11-1-2-12-8(4-11)5-13(19-12)10-3-9(6-16)14(18)17-7-10/h1-5,7H,(H,17,18). The molecule has 2 aromatic heterocycles. The molecule has 3 rings (SSSR count). The van der Waals surface area contributed by atoms with Crippen molar-refractivity contribution in [2.75, 3.05) is 0 Å². The fourth-order valence-corrected chi connectivity index (χ4v) is 2.24. The molecule has 0 amide bonds. The number of hydrogen-bond donors (Lipinski definition) is 1. The molecule has 0 aliphatic heterocycles. The van der Waals surface area contributed by atoms with Crippen LogP contribution in [0.1, 0.15) is 5.56 Å². The average Bonchev–Trinajstić information content (AvgIpc) is 2.82. The number of fused-ring (bicyclic) bond motifs is 1. The molecule has 1 N–H and O–H groups in total. The molecule has 4 nitrogen and oxygen atoms in total. The zero-order valence-corrected chi connectivity index (χ0v) is 11.2. The summed E-state index contributed by atoms with van der Waals surface area (Å²) in [6, 6.07) is 10.9. The summed E-state index contributed by atoms with van der Waals surface area (Å²) in [7, 11) is 0. The Kier molecular flexibility index (Phi) is 2.73. The van der Waals surface area contributed by atoms with E-state index in [0.717, 1.165) is 15.4 Å². The van der Waals surface area contributed by atoms with E-state index in [1.165, 1.54) is 12.3 Å². The molecule has 0 bridgehead atoms. The van der Waals surface area contributed by atoms with Gasteiger partial charge in [0.25, 0.3) is 5.56 Å². The number of furan rings is 1. The molecule has 19 heavy (non-hydrogen) atoms. The first-order valence-electron chi connectivity index (χ1n) is 5.50. The van der Waals surface area contributed by atoms with E-state index in [2.05, 4.69) is 20.9 Å². The van der Waals surface area contributed by atoms with Crippen LogP contribution in [0.4, 0.5) is 0 Å². The topological polar surface area (TPSA) is 69.8 Å². The van der Waals surface area contributed by atoms with E-state index in [1.54, 1.807) is 0 Å². The SMILES string of the molecule is N#Cc1cc(-c2cc3cc(Br)ccc3o2)c[nH]c1=O. The maximum atomic E-state index is 11.3. The summed E-state index contributed by atoms with van der Waals surface area (Å²) in [5, 5.41) is 9.81. The molecule has 0 atom stereocenters. The van der Waals surface area contributed by atoms with Crippen LogP contribution in [0.5, 0.6) is 0 Å². The number of nitriles is 1. The first kappa shape index (κ1) is 11.8. The molecule has 0 radical (unpaired) electrons. The summed E-state index contributed by atoms with van der Waals surface area (Å²) in [6.07, 6.45) is 1.54. The summed E-state index contributed by atoms with van der Waals surface area (Å²) in [5.74, 6) is 0.612. The van der Waals surface area contributed by atoms with Crippen LogP contribution in [0.2, 0.25) is 0 Å². The molecule has 92 valence electrons. The lowest BCUT2D eigenvalue weighted by molar-refractivity contribution is 0.631. The van der Waals surface area contributed by atoms with Gasteiger partial charge in [0, 0.05) is 21.6 Å². The minimum Gasteiger partial charge on any atom is -0.456 e. The van der Waals surface area contributed by atoms with Crippen molar-refractivity contribution in [3.63, 3.8) is 0 Å². The molecule has 5 heteroatoms. The van der Waals surface area contributed by atoms with Crippen molar-refractivity contribution in [3.05, 3.63) is 56.9 Å². The van der Waals surface area contributed by atoms with E-state index in [4.69, 9.17) is 9.68 Å². The van der Waals surface area contributed by atoms with E-state index in [0.29, 0.717) is 11.3 Å². The molecule has 3 aromatic rings. The first-order valence-corrected chi connectivity index (χ1v) is 6.29. The number of aromatic nitrogens is 1. The average molecular weight is 315 g/mol. The number of H-pyrrole nitrogens is 1. The summed E-state index contributed by atoms with van der Waals surface area (Å²) in [5.41, 5.74) is 1.09. The van der Waals surface area contributed by atoms with Crippen molar-refractivity contribution in [3.8, 4) is 17.4 Å². The van der Waals surface area contributed by atoms with Gasteiger partial charge in [-0.15, -0.1) is 0 Å².